The fourth-order valence-corrected chi connectivity index (χ4v) is 2.86. The number of nitrogens with one attached hydrogen (secondary N) is 1. The molecule has 0 spiro atoms. The Bertz CT molecular complexity index is 445. The molecule has 0 saturated carbocycles. The SMILES string of the molecule is CNc1nc(N)c(C(=O)N2CCC(C)(C)CC2)s1. The summed E-state index contributed by atoms with van der Waals surface area (Å²) in [4.78, 5) is 18.9. The second kappa shape index (κ2) is 4.76. The highest BCUT2D eigenvalue weighted by Gasteiger charge is 2.30. The minimum Gasteiger partial charge on any atom is -0.382 e. The Morgan fingerprint density at radius 3 is 2.56 bits per heavy atom. The van der Waals surface area contributed by atoms with Crippen LogP contribution in [0.1, 0.15) is 36.4 Å². The van der Waals surface area contributed by atoms with Gasteiger partial charge in [0.25, 0.3) is 5.91 Å². The van der Waals surface area contributed by atoms with Gasteiger partial charge in [0.2, 0.25) is 0 Å². The van der Waals surface area contributed by atoms with Crippen LogP contribution < -0.4 is 11.1 Å². The van der Waals surface area contributed by atoms with E-state index in [0.717, 1.165) is 25.9 Å². The van der Waals surface area contributed by atoms with E-state index in [1.54, 1.807) is 7.05 Å². The molecule has 2 heterocycles. The summed E-state index contributed by atoms with van der Waals surface area (Å²) in [6.45, 7) is 6.10. The molecule has 1 amide bonds. The van der Waals surface area contributed by atoms with Crippen molar-refractivity contribution in [3.8, 4) is 0 Å². The molecular weight excluding hydrogens is 248 g/mol. The van der Waals surface area contributed by atoms with Crippen molar-refractivity contribution < 1.29 is 4.79 Å². The van der Waals surface area contributed by atoms with Crippen LogP contribution in [0.3, 0.4) is 0 Å². The molecule has 0 bridgehead atoms. The normalized spacial score (nSPS) is 18.7. The minimum atomic E-state index is 0.0157. The number of anilines is 2. The summed E-state index contributed by atoms with van der Waals surface area (Å²) in [7, 11) is 1.77. The van der Waals surface area contributed by atoms with Crippen LogP contribution in [0.25, 0.3) is 0 Å². The first-order valence-electron chi connectivity index (χ1n) is 6.16. The Kier molecular flexibility index (Phi) is 3.47. The quantitative estimate of drug-likeness (QED) is 0.861. The van der Waals surface area contributed by atoms with E-state index in [9.17, 15) is 4.79 Å². The predicted octanol–water partition coefficient (Wildman–Crippen LogP) is 2.03. The Hall–Kier alpha value is -1.30. The maximum Gasteiger partial charge on any atom is 0.267 e. The highest BCUT2D eigenvalue weighted by molar-refractivity contribution is 7.18. The summed E-state index contributed by atoms with van der Waals surface area (Å²) in [5.74, 6) is 0.348. The zero-order valence-corrected chi connectivity index (χ0v) is 11.9. The number of likely N-dealkylation sites (tertiary alicyclic amines) is 1. The molecule has 100 valence electrons. The average Bonchev–Trinajstić information content (AvgIpc) is 2.70. The third-order valence-electron chi connectivity index (χ3n) is 3.47. The summed E-state index contributed by atoms with van der Waals surface area (Å²) < 4.78 is 0. The molecule has 0 radical (unpaired) electrons. The van der Waals surface area contributed by atoms with E-state index in [1.165, 1.54) is 11.3 Å². The standard InChI is InChI=1S/C12H20N4OS/c1-12(2)4-6-16(7-5-12)10(17)8-9(13)15-11(14-3)18-8/h4-7,13H2,1-3H3,(H,14,15). The van der Waals surface area contributed by atoms with Crippen molar-refractivity contribution in [3.63, 3.8) is 0 Å². The number of thiazole rings is 1. The number of nitrogen functional groups attached to an aromatic ring is 1. The second-order valence-electron chi connectivity index (χ2n) is 5.44. The topological polar surface area (TPSA) is 71.2 Å². The van der Waals surface area contributed by atoms with Crippen LogP contribution in [0.2, 0.25) is 0 Å². The van der Waals surface area contributed by atoms with Crippen molar-refractivity contribution >= 4 is 28.2 Å². The first kappa shape index (κ1) is 13.1. The van der Waals surface area contributed by atoms with Gasteiger partial charge in [-0.3, -0.25) is 4.79 Å². The molecule has 0 aromatic carbocycles. The third kappa shape index (κ3) is 2.58. The summed E-state index contributed by atoms with van der Waals surface area (Å²) in [6, 6.07) is 0. The van der Waals surface area contributed by atoms with E-state index < -0.39 is 0 Å². The average molecular weight is 268 g/mol. The van der Waals surface area contributed by atoms with Gasteiger partial charge in [0.05, 0.1) is 0 Å². The number of piperidine rings is 1. The molecule has 5 nitrogen and oxygen atoms in total. The molecule has 3 N–H and O–H groups in total. The first-order chi connectivity index (χ1) is 8.43. The summed E-state index contributed by atoms with van der Waals surface area (Å²) >= 11 is 1.32. The molecule has 1 aliphatic rings. The zero-order valence-electron chi connectivity index (χ0n) is 11.1. The van der Waals surface area contributed by atoms with Crippen molar-refractivity contribution in [2.24, 2.45) is 5.41 Å². The van der Waals surface area contributed by atoms with Crippen molar-refractivity contribution in [1.82, 2.24) is 9.88 Å². The maximum atomic E-state index is 12.3. The van der Waals surface area contributed by atoms with E-state index in [2.05, 4.69) is 24.1 Å². The molecule has 6 heteroatoms. The lowest BCUT2D eigenvalue weighted by Gasteiger charge is -2.36. The number of hydrogen-bond donors (Lipinski definition) is 2. The van der Waals surface area contributed by atoms with Crippen LogP contribution in [0.5, 0.6) is 0 Å². The highest BCUT2D eigenvalue weighted by Crippen LogP contribution is 2.32. The Labute approximate surface area is 111 Å². The third-order valence-corrected chi connectivity index (χ3v) is 4.54. The van der Waals surface area contributed by atoms with E-state index in [4.69, 9.17) is 5.73 Å². The highest BCUT2D eigenvalue weighted by atomic mass is 32.1. The fourth-order valence-electron chi connectivity index (χ4n) is 2.05. The molecule has 1 aromatic rings. The molecular formula is C12H20N4OS. The number of hydrogen-bond acceptors (Lipinski definition) is 5. The first-order valence-corrected chi connectivity index (χ1v) is 6.98. The van der Waals surface area contributed by atoms with Gasteiger partial charge in [0, 0.05) is 20.1 Å². The Morgan fingerprint density at radius 1 is 1.44 bits per heavy atom. The molecule has 1 fully saturated rings. The van der Waals surface area contributed by atoms with Crippen molar-refractivity contribution in [2.45, 2.75) is 26.7 Å². The summed E-state index contributed by atoms with van der Waals surface area (Å²) in [5, 5.41) is 3.60. The molecule has 1 aliphatic heterocycles. The number of nitrogens with two attached hydrogens (primary N) is 1. The van der Waals surface area contributed by atoms with Crippen LogP contribution >= 0.6 is 11.3 Å². The smallest absolute Gasteiger partial charge is 0.267 e. The monoisotopic (exact) mass is 268 g/mol. The number of rotatable bonds is 2. The van der Waals surface area contributed by atoms with Crippen molar-refractivity contribution in [3.05, 3.63) is 4.88 Å². The number of carbonyl (C=O) groups is 1. The van der Waals surface area contributed by atoms with E-state index in [1.807, 2.05) is 4.90 Å². The summed E-state index contributed by atoms with van der Waals surface area (Å²) in [5.41, 5.74) is 6.13. The maximum absolute atomic E-state index is 12.3. The van der Waals surface area contributed by atoms with Crippen LogP contribution in [0.4, 0.5) is 10.9 Å². The van der Waals surface area contributed by atoms with Gasteiger partial charge in [-0.25, -0.2) is 4.98 Å². The van der Waals surface area contributed by atoms with Gasteiger partial charge >= 0.3 is 0 Å². The lowest BCUT2D eigenvalue weighted by molar-refractivity contribution is 0.0636. The Morgan fingerprint density at radius 2 is 2.06 bits per heavy atom. The van der Waals surface area contributed by atoms with Gasteiger partial charge in [-0.2, -0.15) is 0 Å². The lowest BCUT2D eigenvalue weighted by Crippen LogP contribution is -2.41. The van der Waals surface area contributed by atoms with Gasteiger partial charge in [0.15, 0.2) is 5.13 Å². The van der Waals surface area contributed by atoms with E-state index in [0.29, 0.717) is 21.2 Å². The van der Waals surface area contributed by atoms with E-state index in [-0.39, 0.29) is 5.91 Å². The molecule has 0 aliphatic carbocycles. The van der Waals surface area contributed by atoms with Crippen LogP contribution in [0.15, 0.2) is 0 Å². The Balaban J connectivity index is 2.10. The fraction of sp³-hybridized carbons (Fsp3) is 0.667. The molecule has 1 saturated heterocycles. The molecule has 1 aromatic heterocycles. The van der Waals surface area contributed by atoms with Crippen LogP contribution in [-0.4, -0.2) is 35.9 Å². The van der Waals surface area contributed by atoms with E-state index >= 15 is 0 Å². The number of carbonyl (C=O) groups excluding carboxylic acids is 1. The summed E-state index contributed by atoms with van der Waals surface area (Å²) in [6.07, 6.45) is 2.08. The van der Waals surface area contributed by atoms with Crippen molar-refractivity contribution in [2.75, 3.05) is 31.2 Å². The predicted molar refractivity (Wildman–Crippen MR) is 75.0 cm³/mol. The van der Waals surface area contributed by atoms with Crippen molar-refractivity contribution in [1.29, 1.82) is 0 Å². The number of aromatic nitrogens is 1. The van der Waals surface area contributed by atoms with Gasteiger partial charge in [0.1, 0.15) is 10.7 Å². The number of nitrogens with zero attached hydrogens (tertiary/aromatic N) is 2. The molecule has 0 atom stereocenters. The van der Waals surface area contributed by atoms with Gasteiger partial charge in [-0.05, 0) is 18.3 Å². The molecule has 18 heavy (non-hydrogen) atoms. The van der Waals surface area contributed by atoms with Gasteiger partial charge in [-0.1, -0.05) is 25.2 Å². The number of amides is 1. The largest absolute Gasteiger partial charge is 0.382 e. The second-order valence-corrected chi connectivity index (χ2v) is 6.44. The van der Waals surface area contributed by atoms with Gasteiger partial charge < -0.3 is 16.0 Å². The molecule has 2 rings (SSSR count). The van der Waals surface area contributed by atoms with Gasteiger partial charge in [-0.15, -0.1) is 0 Å². The van der Waals surface area contributed by atoms with Crippen LogP contribution in [0, 0.1) is 5.41 Å². The molecule has 0 unspecified atom stereocenters. The zero-order chi connectivity index (χ0) is 13.3. The van der Waals surface area contributed by atoms with Crippen LogP contribution in [-0.2, 0) is 0 Å². The lowest BCUT2D eigenvalue weighted by atomic mass is 9.82. The minimum absolute atomic E-state index is 0.0157.